The van der Waals surface area contributed by atoms with Gasteiger partial charge in [-0.15, -0.1) is 0 Å². The number of aromatic nitrogens is 3. The molecule has 14 heavy (non-hydrogen) atoms. The highest BCUT2D eigenvalue weighted by Crippen LogP contribution is 2.11. The van der Waals surface area contributed by atoms with Gasteiger partial charge in [0.1, 0.15) is 6.07 Å². The van der Waals surface area contributed by atoms with Gasteiger partial charge in [-0.2, -0.15) is 5.26 Å². The highest BCUT2D eigenvalue weighted by atomic mass is 16.1. The Bertz CT molecular complexity index is 600. The van der Waals surface area contributed by atoms with Gasteiger partial charge in [0.05, 0.1) is 16.6 Å². The summed E-state index contributed by atoms with van der Waals surface area (Å²) in [6.07, 6.45) is 0. The number of hydrogen-bond acceptors (Lipinski definition) is 3. The minimum absolute atomic E-state index is 0.216. The van der Waals surface area contributed by atoms with Crippen molar-refractivity contribution in [2.24, 2.45) is 7.05 Å². The van der Waals surface area contributed by atoms with Crippen molar-refractivity contribution in [1.29, 1.82) is 5.26 Å². The monoisotopic (exact) mass is 188 g/mol. The molecule has 0 atom stereocenters. The Hall–Kier alpha value is -2.09. The molecule has 0 aromatic carbocycles. The molecule has 0 aliphatic carbocycles. The van der Waals surface area contributed by atoms with Crippen molar-refractivity contribution < 1.29 is 0 Å². The molecule has 0 saturated heterocycles. The van der Waals surface area contributed by atoms with Gasteiger partial charge in [-0.25, -0.2) is 4.98 Å². The quantitative estimate of drug-likeness (QED) is 0.651. The maximum absolute atomic E-state index is 11.4. The minimum Gasteiger partial charge on any atom is -0.271 e. The van der Waals surface area contributed by atoms with Gasteiger partial charge >= 0.3 is 0 Å². The number of aryl methyl sites for hydroxylation is 2. The normalized spacial score (nSPS) is 10.4. The van der Waals surface area contributed by atoms with E-state index in [0.717, 1.165) is 0 Å². The Balaban J connectivity index is 2.98. The topological polar surface area (TPSA) is 74.5 Å². The van der Waals surface area contributed by atoms with Gasteiger partial charge in [0, 0.05) is 7.05 Å². The molecule has 2 aromatic rings. The zero-order valence-electron chi connectivity index (χ0n) is 7.83. The van der Waals surface area contributed by atoms with Crippen LogP contribution in [-0.2, 0) is 7.05 Å². The predicted octanol–water partition coefficient (Wildman–Crippen LogP) is 0.442. The highest BCUT2D eigenvalue weighted by Gasteiger charge is 2.08. The molecule has 2 rings (SSSR count). The van der Waals surface area contributed by atoms with E-state index >= 15 is 0 Å². The Morgan fingerprint density at radius 1 is 1.64 bits per heavy atom. The van der Waals surface area contributed by atoms with Crippen molar-refractivity contribution in [3.8, 4) is 6.07 Å². The van der Waals surface area contributed by atoms with E-state index in [2.05, 4.69) is 10.1 Å². The van der Waals surface area contributed by atoms with Gasteiger partial charge in [0.2, 0.25) is 0 Å². The molecule has 5 heteroatoms. The summed E-state index contributed by atoms with van der Waals surface area (Å²) < 4.78 is 1.55. The second kappa shape index (κ2) is 2.70. The summed E-state index contributed by atoms with van der Waals surface area (Å²) in [6.45, 7) is 1.75. The summed E-state index contributed by atoms with van der Waals surface area (Å²) in [7, 11) is 1.71. The third-order valence-electron chi connectivity index (χ3n) is 2.15. The van der Waals surface area contributed by atoms with Gasteiger partial charge in [0.15, 0.2) is 5.65 Å². The second-order valence-corrected chi connectivity index (χ2v) is 3.10. The first-order valence-corrected chi connectivity index (χ1v) is 4.10. The second-order valence-electron chi connectivity index (χ2n) is 3.10. The molecular weight excluding hydrogens is 180 g/mol. The molecule has 2 heterocycles. The highest BCUT2D eigenvalue weighted by molar-refractivity contribution is 5.76. The van der Waals surface area contributed by atoms with Crippen LogP contribution in [0.1, 0.15) is 11.3 Å². The molecule has 2 aromatic heterocycles. The van der Waals surface area contributed by atoms with Crippen molar-refractivity contribution in [1.82, 2.24) is 14.8 Å². The van der Waals surface area contributed by atoms with E-state index in [0.29, 0.717) is 22.3 Å². The summed E-state index contributed by atoms with van der Waals surface area (Å²) in [5.41, 5.74) is 1.43. The number of rotatable bonds is 0. The molecular formula is C9H8N4O. The first-order valence-electron chi connectivity index (χ1n) is 4.10. The van der Waals surface area contributed by atoms with Crippen molar-refractivity contribution in [3.05, 3.63) is 27.7 Å². The van der Waals surface area contributed by atoms with Crippen LogP contribution in [-0.4, -0.2) is 14.8 Å². The van der Waals surface area contributed by atoms with Gasteiger partial charge in [-0.05, 0) is 13.0 Å². The smallest absolute Gasteiger partial charge is 0.271 e. The van der Waals surface area contributed by atoms with Crippen LogP contribution >= 0.6 is 0 Å². The molecule has 0 fully saturated rings. The van der Waals surface area contributed by atoms with Gasteiger partial charge in [0.25, 0.3) is 5.56 Å². The minimum atomic E-state index is -0.216. The molecule has 1 N–H and O–H groups in total. The molecule has 70 valence electrons. The number of hydrogen-bond donors (Lipinski definition) is 1. The first kappa shape index (κ1) is 8.51. The Morgan fingerprint density at radius 3 is 3.00 bits per heavy atom. The summed E-state index contributed by atoms with van der Waals surface area (Å²) in [5.74, 6) is 0. The van der Waals surface area contributed by atoms with Crippen LogP contribution in [0.3, 0.4) is 0 Å². The molecule has 0 spiro atoms. The summed E-state index contributed by atoms with van der Waals surface area (Å²) in [5, 5.41) is 11.8. The number of fused-ring (bicyclic) bond motifs is 1. The van der Waals surface area contributed by atoms with Crippen LogP contribution in [0.5, 0.6) is 0 Å². The Labute approximate surface area is 79.6 Å². The summed E-state index contributed by atoms with van der Waals surface area (Å²) in [4.78, 5) is 15.5. The first-order chi connectivity index (χ1) is 6.63. The lowest BCUT2D eigenvalue weighted by Crippen LogP contribution is -2.01. The Morgan fingerprint density at radius 2 is 2.36 bits per heavy atom. The molecule has 5 nitrogen and oxygen atoms in total. The predicted molar refractivity (Wildman–Crippen MR) is 50.8 cm³/mol. The van der Waals surface area contributed by atoms with Crippen molar-refractivity contribution in [2.75, 3.05) is 0 Å². The van der Waals surface area contributed by atoms with Crippen LogP contribution in [0, 0.1) is 18.3 Å². The maximum Gasteiger partial charge on any atom is 0.273 e. The fourth-order valence-corrected chi connectivity index (χ4v) is 1.39. The van der Waals surface area contributed by atoms with Crippen molar-refractivity contribution in [2.45, 2.75) is 6.92 Å². The average molecular weight is 188 g/mol. The van der Waals surface area contributed by atoms with Crippen LogP contribution < -0.4 is 5.56 Å². The molecule has 0 amide bonds. The number of nitrogens with one attached hydrogen (secondary N) is 1. The molecule has 0 bridgehead atoms. The zero-order valence-corrected chi connectivity index (χ0v) is 7.83. The van der Waals surface area contributed by atoms with E-state index in [-0.39, 0.29) is 5.56 Å². The number of aromatic amines is 1. The Kier molecular flexibility index (Phi) is 1.64. The standard InChI is InChI=1S/C9H8N4O/c1-5-6(4-10)3-7-8(11-5)13(2)12-9(7)14/h3H,1-2H3,(H,12,14). The van der Waals surface area contributed by atoms with E-state index in [1.165, 1.54) is 0 Å². The van der Waals surface area contributed by atoms with Gasteiger partial charge in [-0.1, -0.05) is 0 Å². The largest absolute Gasteiger partial charge is 0.273 e. The van der Waals surface area contributed by atoms with Crippen molar-refractivity contribution in [3.63, 3.8) is 0 Å². The van der Waals surface area contributed by atoms with Crippen LogP contribution in [0.2, 0.25) is 0 Å². The van der Waals surface area contributed by atoms with Crippen LogP contribution in [0.15, 0.2) is 10.9 Å². The fourth-order valence-electron chi connectivity index (χ4n) is 1.39. The lowest BCUT2D eigenvalue weighted by molar-refractivity contribution is 0.772. The third kappa shape index (κ3) is 1.01. The molecule has 0 aliphatic rings. The lowest BCUT2D eigenvalue weighted by atomic mass is 10.2. The van der Waals surface area contributed by atoms with E-state index in [9.17, 15) is 4.79 Å². The third-order valence-corrected chi connectivity index (χ3v) is 2.15. The lowest BCUT2D eigenvalue weighted by Gasteiger charge is -1.97. The maximum atomic E-state index is 11.4. The zero-order chi connectivity index (χ0) is 10.3. The van der Waals surface area contributed by atoms with Crippen molar-refractivity contribution >= 4 is 11.0 Å². The fraction of sp³-hybridized carbons (Fsp3) is 0.222. The van der Waals surface area contributed by atoms with Gasteiger partial charge in [-0.3, -0.25) is 14.6 Å². The van der Waals surface area contributed by atoms with E-state index in [4.69, 9.17) is 5.26 Å². The van der Waals surface area contributed by atoms with E-state index in [1.54, 1.807) is 24.7 Å². The van der Waals surface area contributed by atoms with Gasteiger partial charge < -0.3 is 0 Å². The number of nitriles is 1. The van der Waals surface area contributed by atoms with E-state index < -0.39 is 0 Å². The molecule has 0 unspecified atom stereocenters. The molecule has 0 saturated carbocycles. The summed E-state index contributed by atoms with van der Waals surface area (Å²) in [6, 6.07) is 3.57. The van der Waals surface area contributed by atoms with E-state index in [1.807, 2.05) is 6.07 Å². The number of H-pyrrole nitrogens is 1. The molecule has 0 radical (unpaired) electrons. The number of pyridine rings is 1. The number of nitrogens with zero attached hydrogens (tertiary/aromatic N) is 3. The average Bonchev–Trinajstić information content (AvgIpc) is 2.41. The van der Waals surface area contributed by atoms with Crippen LogP contribution in [0.25, 0.3) is 11.0 Å². The molecule has 0 aliphatic heterocycles. The SMILES string of the molecule is Cc1nc2c(cc1C#N)c(=O)[nH]n2C. The summed E-state index contributed by atoms with van der Waals surface area (Å²) >= 11 is 0. The van der Waals surface area contributed by atoms with Crippen LogP contribution in [0.4, 0.5) is 0 Å².